The van der Waals surface area contributed by atoms with Gasteiger partial charge in [0.05, 0.1) is 6.04 Å². The summed E-state index contributed by atoms with van der Waals surface area (Å²) in [6.07, 6.45) is 0.810. The molecule has 3 rings (SSSR count). The summed E-state index contributed by atoms with van der Waals surface area (Å²) in [5.74, 6) is -1.45. The summed E-state index contributed by atoms with van der Waals surface area (Å²) < 4.78 is 0. The van der Waals surface area contributed by atoms with Crippen LogP contribution >= 0.6 is 11.6 Å². The molecule has 0 saturated heterocycles. The van der Waals surface area contributed by atoms with Gasteiger partial charge in [-0.2, -0.15) is 0 Å². The van der Waals surface area contributed by atoms with Gasteiger partial charge in [0.1, 0.15) is 5.41 Å². The summed E-state index contributed by atoms with van der Waals surface area (Å²) in [6.45, 7) is 1.85. The molecule has 1 aliphatic carbocycles. The van der Waals surface area contributed by atoms with Gasteiger partial charge >= 0.3 is 5.97 Å². The molecule has 1 aliphatic rings. The Morgan fingerprint density at radius 1 is 1.18 bits per heavy atom. The molecule has 1 amide bonds. The zero-order valence-electron chi connectivity index (χ0n) is 12.1. The number of halogens is 1. The highest BCUT2D eigenvalue weighted by Gasteiger charge is 2.57. The number of carbonyl (C=O) groups is 2. The van der Waals surface area contributed by atoms with Gasteiger partial charge in [0, 0.05) is 10.4 Å². The average molecular weight is 318 g/mol. The molecule has 1 atom stereocenters. The summed E-state index contributed by atoms with van der Waals surface area (Å²) >= 11 is 6.20. The van der Waals surface area contributed by atoms with Crippen LogP contribution in [0.15, 0.2) is 36.4 Å². The molecule has 0 aromatic heterocycles. The van der Waals surface area contributed by atoms with E-state index >= 15 is 0 Å². The van der Waals surface area contributed by atoms with Crippen molar-refractivity contribution < 1.29 is 14.7 Å². The van der Waals surface area contributed by atoms with Crippen LogP contribution in [0.5, 0.6) is 0 Å². The number of aliphatic carboxylic acids is 1. The van der Waals surface area contributed by atoms with Crippen molar-refractivity contribution in [2.75, 3.05) is 0 Å². The third kappa shape index (κ3) is 2.33. The van der Waals surface area contributed by atoms with Crippen LogP contribution in [0.2, 0.25) is 5.02 Å². The number of amides is 1. The van der Waals surface area contributed by atoms with Crippen LogP contribution in [-0.4, -0.2) is 17.0 Å². The summed E-state index contributed by atoms with van der Waals surface area (Å²) in [5, 5.41) is 14.6. The van der Waals surface area contributed by atoms with Crippen molar-refractivity contribution in [2.24, 2.45) is 5.41 Å². The van der Waals surface area contributed by atoms with E-state index in [1.165, 1.54) is 0 Å². The second-order valence-electron chi connectivity index (χ2n) is 5.76. The van der Waals surface area contributed by atoms with Crippen LogP contribution in [0.4, 0.5) is 0 Å². The van der Waals surface area contributed by atoms with E-state index in [1.54, 1.807) is 6.07 Å². The van der Waals surface area contributed by atoms with Crippen LogP contribution < -0.4 is 5.32 Å². The highest BCUT2D eigenvalue weighted by molar-refractivity contribution is 6.35. The first-order valence-electron chi connectivity index (χ1n) is 7.17. The Labute approximate surface area is 133 Å². The average Bonchev–Trinajstić information content (AvgIpc) is 3.29. The maximum absolute atomic E-state index is 12.2. The van der Waals surface area contributed by atoms with Gasteiger partial charge in [-0.15, -0.1) is 0 Å². The van der Waals surface area contributed by atoms with Crippen molar-refractivity contribution in [2.45, 2.75) is 25.8 Å². The van der Waals surface area contributed by atoms with Gasteiger partial charge in [0.25, 0.3) is 0 Å². The zero-order valence-corrected chi connectivity index (χ0v) is 12.9. The molecular weight excluding hydrogens is 302 g/mol. The number of carbonyl (C=O) groups excluding carboxylic acids is 1. The molecule has 2 aromatic rings. The molecule has 114 valence electrons. The standard InChI is InChI=1S/C17H16ClNO3/c1-10(19-15(20)17(8-9-17)16(21)22)11-6-7-14(18)13-5-3-2-4-12(11)13/h2-7,10H,8-9H2,1H3,(H,19,20)(H,21,22). The predicted octanol–water partition coefficient (Wildman–Crippen LogP) is 3.54. The number of rotatable bonds is 4. The van der Waals surface area contributed by atoms with E-state index in [2.05, 4.69) is 5.32 Å². The van der Waals surface area contributed by atoms with Gasteiger partial charge in [0.2, 0.25) is 5.91 Å². The first-order valence-corrected chi connectivity index (χ1v) is 7.55. The minimum absolute atomic E-state index is 0.286. The van der Waals surface area contributed by atoms with Gasteiger partial charge in [-0.05, 0) is 36.8 Å². The Morgan fingerprint density at radius 3 is 2.41 bits per heavy atom. The molecule has 1 unspecified atom stereocenters. The van der Waals surface area contributed by atoms with E-state index in [1.807, 2.05) is 37.3 Å². The van der Waals surface area contributed by atoms with Crippen molar-refractivity contribution in [1.29, 1.82) is 0 Å². The Bertz CT molecular complexity index is 768. The molecule has 2 aromatic carbocycles. The van der Waals surface area contributed by atoms with Crippen LogP contribution in [0.1, 0.15) is 31.4 Å². The van der Waals surface area contributed by atoms with Crippen molar-refractivity contribution >= 4 is 34.2 Å². The second-order valence-corrected chi connectivity index (χ2v) is 6.17. The van der Waals surface area contributed by atoms with Crippen molar-refractivity contribution in [3.8, 4) is 0 Å². The Balaban J connectivity index is 1.90. The topological polar surface area (TPSA) is 66.4 Å². The lowest BCUT2D eigenvalue weighted by atomic mass is 9.98. The molecule has 1 saturated carbocycles. The van der Waals surface area contributed by atoms with E-state index < -0.39 is 17.3 Å². The predicted molar refractivity (Wildman–Crippen MR) is 84.8 cm³/mol. The van der Waals surface area contributed by atoms with Gasteiger partial charge in [-0.25, -0.2) is 0 Å². The molecule has 0 radical (unpaired) electrons. The SMILES string of the molecule is CC(NC(=O)C1(C(=O)O)CC1)c1ccc(Cl)c2ccccc12. The fourth-order valence-electron chi connectivity index (χ4n) is 2.74. The summed E-state index contributed by atoms with van der Waals surface area (Å²) in [6, 6.07) is 11.1. The van der Waals surface area contributed by atoms with E-state index in [9.17, 15) is 14.7 Å². The molecule has 0 aliphatic heterocycles. The number of fused-ring (bicyclic) bond motifs is 1. The smallest absolute Gasteiger partial charge is 0.319 e. The zero-order chi connectivity index (χ0) is 15.9. The van der Waals surface area contributed by atoms with E-state index in [4.69, 9.17) is 11.6 Å². The molecule has 0 spiro atoms. The molecular formula is C17H16ClNO3. The number of hydrogen-bond acceptors (Lipinski definition) is 2. The van der Waals surface area contributed by atoms with Crippen molar-refractivity contribution in [1.82, 2.24) is 5.32 Å². The number of carboxylic acid groups (broad SMARTS) is 1. The Hall–Kier alpha value is -2.07. The van der Waals surface area contributed by atoms with Gasteiger partial charge in [-0.1, -0.05) is 41.9 Å². The molecule has 1 fully saturated rings. The van der Waals surface area contributed by atoms with Gasteiger partial charge in [-0.3, -0.25) is 9.59 Å². The lowest BCUT2D eigenvalue weighted by molar-refractivity contribution is -0.149. The van der Waals surface area contributed by atoms with Crippen LogP contribution in [0.25, 0.3) is 10.8 Å². The highest BCUT2D eigenvalue weighted by Crippen LogP contribution is 2.46. The van der Waals surface area contributed by atoms with Crippen molar-refractivity contribution in [3.05, 3.63) is 47.0 Å². The number of nitrogens with one attached hydrogen (secondary N) is 1. The highest BCUT2D eigenvalue weighted by atomic mass is 35.5. The monoisotopic (exact) mass is 317 g/mol. The second kappa shape index (κ2) is 5.29. The summed E-state index contributed by atoms with van der Waals surface area (Å²) in [4.78, 5) is 23.5. The normalized spacial score (nSPS) is 17.0. The fraction of sp³-hybridized carbons (Fsp3) is 0.294. The third-order valence-corrected chi connectivity index (χ3v) is 4.64. The van der Waals surface area contributed by atoms with Crippen molar-refractivity contribution in [3.63, 3.8) is 0 Å². The maximum atomic E-state index is 12.2. The molecule has 5 heteroatoms. The Morgan fingerprint density at radius 2 is 1.82 bits per heavy atom. The molecule has 0 heterocycles. The third-order valence-electron chi connectivity index (χ3n) is 4.31. The van der Waals surface area contributed by atoms with E-state index in [0.29, 0.717) is 17.9 Å². The first kappa shape index (κ1) is 14.9. The largest absolute Gasteiger partial charge is 0.480 e. The number of benzene rings is 2. The molecule has 0 bridgehead atoms. The lowest BCUT2D eigenvalue weighted by Crippen LogP contribution is -2.38. The Kier molecular flexibility index (Phi) is 3.57. The van der Waals surface area contributed by atoms with Crippen LogP contribution in [0, 0.1) is 5.41 Å². The molecule has 2 N–H and O–H groups in total. The van der Waals surface area contributed by atoms with E-state index in [0.717, 1.165) is 16.3 Å². The number of hydrogen-bond donors (Lipinski definition) is 2. The maximum Gasteiger partial charge on any atom is 0.319 e. The van der Waals surface area contributed by atoms with Gasteiger partial charge < -0.3 is 10.4 Å². The first-order chi connectivity index (χ1) is 10.5. The van der Waals surface area contributed by atoms with Crippen LogP contribution in [0.3, 0.4) is 0 Å². The van der Waals surface area contributed by atoms with E-state index in [-0.39, 0.29) is 6.04 Å². The van der Waals surface area contributed by atoms with Crippen LogP contribution in [-0.2, 0) is 9.59 Å². The minimum Gasteiger partial charge on any atom is -0.480 e. The lowest BCUT2D eigenvalue weighted by Gasteiger charge is -2.19. The number of carboxylic acids is 1. The summed E-state index contributed by atoms with van der Waals surface area (Å²) in [5.41, 5.74) is -0.300. The summed E-state index contributed by atoms with van der Waals surface area (Å²) in [7, 11) is 0. The fourth-order valence-corrected chi connectivity index (χ4v) is 2.97. The molecule has 4 nitrogen and oxygen atoms in total. The van der Waals surface area contributed by atoms with Gasteiger partial charge in [0.15, 0.2) is 0 Å². The minimum atomic E-state index is -1.23. The quantitative estimate of drug-likeness (QED) is 0.848. The molecule has 22 heavy (non-hydrogen) atoms.